The summed E-state index contributed by atoms with van der Waals surface area (Å²) in [4.78, 5) is 52.6. The molecule has 1 aliphatic carbocycles. The van der Waals surface area contributed by atoms with Crippen molar-refractivity contribution in [3.8, 4) is 0 Å². The summed E-state index contributed by atoms with van der Waals surface area (Å²) in [6.45, 7) is 6.03. The second-order valence-electron chi connectivity index (χ2n) is 9.78. The van der Waals surface area contributed by atoms with E-state index in [-0.39, 0.29) is 36.4 Å². The van der Waals surface area contributed by atoms with E-state index in [0.717, 1.165) is 25.7 Å². The third-order valence-corrected chi connectivity index (χ3v) is 5.68. The van der Waals surface area contributed by atoms with E-state index in [4.69, 9.17) is 5.73 Å². The molecule has 2 rings (SSSR count). The van der Waals surface area contributed by atoms with Gasteiger partial charge in [-0.3, -0.25) is 14.4 Å². The molecule has 1 saturated heterocycles. The second-order valence-corrected chi connectivity index (χ2v) is 9.78. The number of carbonyl (C=O) groups is 4. The standard InChI is InChI=1S/C21H37N5O4/c1-21(2,3)12-17(28)26-11-10-15(18(26)19(29)25(4)13-16(22)27)24-20(30)23-14-8-6-5-7-9-14/h14-15,18H,5-13H2,1-4H3,(H2,22,27)(H2,23,24,30). The summed E-state index contributed by atoms with van der Waals surface area (Å²) in [6, 6.07) is -1.53. The van der Waals surface area contributed by atoms with E-state index in [2.05, 4.69) is 10.6 Å². The molecule has 2 unspecified atom stereocenters. The molecule has 0 radical (unpaired) electrons. The highest BCUT2D eigenvalue weighted by Crippen LogP contribution is 2.26. The first-order chi connectivity index (χ1) is 14.0. The van der Waals surface area contributed by atoms with Crippen LogP contribution < -0.4 is 16.4 Å². The van der Waals surface area contributed by atoms with Gasteiger partial charge in [0.1, 0.15) is 6.04 Å². The van der Waals surface area contributed by atoms with Gasteiger partial charge < -0.3 is 26.2 Å². The first-order valence-corrected chi connectivity index (χ1v) is 10.9. The van der Waals surface area contributed by atoms with Gasteiger partial charge in [0, 0.05) is 26.1 Å². The number of likely N-dealkylation sites (tertiary alicyclic amines) is 1. The van der Waals surface area contributed by atoms with Gasteiger partial charge in [-0.2, -0.15) is 0 Å². The summed E-state index contributed by atoms with van der Waals surface area (Å²) in [5.41, 5.74) is 5.01. The van der Waals surface area contributed by atoms with Gasteiger partial charge in [-0.25, -0.2) is 4.79 Å². The van der Waals surface area contributed by atoms with Crippen LogP contribution in [0.5, 0.6) is 0 Å². The van der Waals surface area contributed by atoms with E-state index in [1.54, 1.807) is 0 Å². The van der Waals surface area contributed by atoms with Crippen LogP contribution in [0, 0.1) is 5.41 Å². The van der Waals surface area contributed by atoms with Crippen LogP contribution in [0.4, 0.5) is 4.79 Å². The van der Waals surface area contributed by atoms with Gasteiger partial charge in [0.15, 0.2) is 0 Å². The number of nitrogens with two attached hydrogens (primary N) is 1. The van der Waals surface area contributed by atoms with Crippen LogP contribution in [0.2, 0.25) is 0 Å². The van der Waals surface area contributed by atoms with Gasteiger partial charge in [0.05, 0.1) is 12.6 Å². The number of carbonyl (C=O) groups excluding carboxylic acids is 4. The largest absolute Gasteiger partial charge is 0.368 e. The van der Waals surface area contributed by atoms with Crippen LogP contribution in [0.3, 0.4) is 0 Å². The van der Waals surface area contributed by atoms with Crippen molar-refractivity contribution in [1.82, 2.24) is 20.4 Å². The normalized spacial score (nSPS) is 22.5. The molecule has 0 aromatic carbocycles. The number of primary amides is 1. The van der Waals surface area contributed by atoms with E-state index in [1.807, 2.05) is 20.8 Å². The van der Waals surface area contributed by atoms with Gasteiger partial charge in [-0.05, 0) is 24.7 Å². The monoisotopic (exact) mass is 423 g/mol. The van der Waals surface area contributed by atoms with Crippen LogP contribution in [-0.4, -0.2) is 71.8 Å². The third kappa shape index (κ3) is 6.88. The molecule has 0 aromatic heterocycles. The lowest BCUT2D eigenvalue weighted by atomic mass is 9.91. The number of hydrogen-bond donors (Lipinski definition) is 3. The SMILES string of the molecule is CN(CC(N)=O)C(=O)C1C(NC(=O)NC2CCCCC2)CCN1C(=O)CC(C)(C)C. The first kappa shape index (κ1) is 24.0. The molecular weight excluding hydrogens is 386 g/mol. The molecule has 9 heteroatoms. The topological polar surface area (TPSA) is 125 Å². The van der Waals surface area contributed by atoms with Crippen LogP contribution in [-0.2, 0) is 14.4 Å². The minimum Gasteiger partial charge on any atom is -0.368 e. The fourth-order valence-electron chi connectivity index (χ4n) is 4.26. The zero-order valence-electron chi connectivity index (χ0n) is 18.7. The molecule has 170 valence electrons. The summed E-state index contributed by atoms with van der Waals surface area (Å²) >= 11 is 0. The summed E-state index contributed by atoms with van der Waals surface area (Å²) in [7, 11) is 1.48. The Hall–Kier alpha value is -2.32. The van der Waals surface area contributed by atoms with Crippen LogP contribution in [0.1, 0.15) is 65.7 Å². The first-order valence-electron chi connectivity index (χ1n) is 10.9. The molecule has 5 amide bonds. The minimum absolute atomic E-state index is 0.134. The van der Waals surface area contributed by atoms with Crippen molar-refractivity contribution in [3.05, 3.63) is 0 Å². The summed E-state index contributed by atoms with van der Waals surface area (Å²) in [6.07, 6.45) is 6.07. The smallest absolute Gasteiger partial charge is 0.315 e. The van der Waals surface area contributed by atoms with Gasteiger partial charge in [0.25, 0.3) is 0 Å². The Morgan fingerprint density at radius 3 is 2.23 bits per heavy atom. The lowest BCUT2D eigenvalue weighted by Gasteiger charge is -2.32. The number of nitrogens with zero attached hydrogens (tertiary/aromatic N) is 2. The van der Waals surface area contributed by atoms with Gasteiger partial charge in [0.2, 0.25) is 17.7 Å². The van der Waals surface area contributed by atoms with Crippen LogP contribution in [0.15, 0.2) is 0 Å². The highest BCUT2D eigenvalue weighted by Gasteiger charge is 2.44. The highest BCUT2D eigenvalue weighted by atomic mass is 16.2. The summed E-state index contributed by atoms with van der Waals surface area (Å²) in [5, 5.41) is 5.90. The predicted octanol–water partition coefficient (Wildman–Crippen LogP) is 0.968. The second kappa shape index (κ2) is 10.1. The Labute approximate surface area is 179 Å². The number of hydrogen-bond acceptors (Lipinski definition) is 4. The molecule has 0 bridgehead atoms. The molecule has 2 aliphatic rings. The third-order valence-electron chi connectivity index (χ3n) is 5.68. The van der Waals surface area contributed by atoms with E-state index in [0.29, 0.717) is 13.0 Å². The molecule has 2 atom stereocenters. The Bertz CT molecular complexity index is 654. The van der Waals surface area contributed by atoms with Gasteiger partial charge in [-0.1, -0.05) is 40.0 Å². The van der Waals surface area contributed by atoms with Gasteiger partial charge >= 0.3 is 6.03 Å². The molecule has 0 spiro atoms. The van der Waals surface area contributed by atoms with E-state index in [1.165, 1.54) is 23.3 Å². The van der Waals surface area contributed by atoms with Crippen molar-refractivity contribution >= 4 is 23.8 Å². The van der Waals surface area contributed by atoms with Crippen LogP contribution in [0.25, 0.3) is 0 Å². The maximum absolute atomic E-state index is 13.1. The Kier molecular flexibility index (Phi) is 8.09. The van der Waals surface area contributed by atoms with E-state index >= 15 is 0 Å². The fraction of sp³-hybridized carbons (Fsp3) is 0.810. The van der Waals surface area contributed by atoms with Crippen LogP contribution >= 0.6 is 0 Å². The molecule has 4 N–H and O–H groups in total. The van der Waals surface area contributed by atoms with Crippen molar-refractivity contribution < 1.29 is 19.2 Å². The number of nitrogens with one attached hydrogen (secondary N) is 2. The molecule has 30 heavy (non-hydrogen) atoms. The average molecular weight is 424 g/mol. The van der Waals surface area contributed by atoms with E-state index < -0.39 is 23.9 Å². The molecule has 9 nitrogen and oxygen atoms in total. The molecule has 0 aromatic rings. The fourth-order valence-corrected chi connectivity index (χ4v) is 4.26. The predicted molar refractivity (Wildman–Crippen MR) is 113 cm³/mol. The maximum atomic E-state index is 13.1. The number of amides is 5. The van der Waals surface area contributed by atoms with Crippen molar-refractivity contribution in [1.29, 1.82) is 0 Å². The minimum atomic E-state index is -0.846. The number of rotatable bonds is 6. The van der Waals surface area contributed by atoms with Crippen molar-refractivity contribution in [2.24, 2.45) is 11.1 Å². The Morgan fingerprint density at radius 2 is 1.67 bits per heavy atom. The lowest BCUT2D eigenvalue weighted by molar-refractivity contribution is -0.145. The highest BCUT2D eigenvalue weighted by molar-refractivity contribution is 5.92. The molecule has 1 saturated carbocycles. The Balaban J connectivity index is 2.11. The quantitative estimate of drug-likeness (QED) is 0.588. The molecule has 1 aliphatic heterocycles. The zero-order valence-corrected chi connectivity index (χ0v) is 18.7. The van der Waals surface area contributed by atoms with Crippen molar-refractivity contribution in [2.75, 3.05) is 20.1 Å². The number of likely N-dealkylation sites (N-methyl/N-ethyl adjacent to an activating group) is 1. The summed E-state index contributed by atoms with van der Waals surface area (Å²) in [5.74, 6) is -1.15. The number of urea groups is 1. The Morgan fingerprint density at radius 1 is 1.03 bits per heavy atom. The lowest BCUT2D eigenvalue weighted by Crippen LogP contribution is -2.57. The average Bonchev–Trinajstić information content (AvgIpc) is 3.03. The zero-order chi connectivity index (χ0) is 22.5. The van der Waals surface area contributed by atoms with Gasteiger partial charge in [-0.15, -0.1) is 0 Å². The maximum Gasteiger partial charge on any atom is 0.315 e. The molecular formula is C21H37N5O4. The van der Waals surface area contributed by atoms with Crippen molar-refractivity contribution in [3.63, 3.8) is 0 Å². The molecule has 2 fully saturated rings. The van der Waals surface area contributed by atoms with Crippen molar-refractivity contribution in [2.45, 2.75) is 83.8 Å². The molecule has 1 heterocycles. The summed E-state index contributed by atoms with van der Waals surface area (Å²) < 4.78 is 0. The van der Waals surface area contributed by atoms with E-state index in [9.17, 15) is 19.2 Å².